The van der Waals surface area contributed by atoms with Crippen LogP contribution in [0, 0.1) is 0 Å². The first-order valence-corrected chi connectivity index (χ1v) is 7.19. The lowest BCUT2D eigenvalue weighted by atomic mass is 10.1. The summed E-state index contributed by atoms with van der Waals surface area (Å²) in [4.78, 5) is 13.0. The van der Waals surface area contributed by atoms with Crippen molar-refractivity contribution >= 4 is 38.7 Å². The summed E-state index contributed by atoms with van der Waals surface area (Å²) in [6.07, 6.45) is 0. The maximum Gasteiger partial charge on any atom is 0.339 e. The minimum Gasteiger partial charge on any atom is -0.465 e. The van der Waals surface area contributed by atoms with Gasteiger partial charge in [0, 0.05) is 15.6 Å². The van der Waals surface area contributed by atoms with Crippen LogP contribution in [-0.4, -0.2) is 13.1 Å². The number of hydrogen-bond acceptors (Lipinski definition) is 4. The first-order chi connectivity index (χ1) is 8.81. The van der Waals surface area contributed by atoms with Crippen LogP contribution < -0.4 is 0 Å². The van der Waals surface area contributed by atoms with E-state index in [1.807, 2.05) is 35.7 Å². The molecule has 2 heterocycles. The van der Waals surface area contributed by atoms with Crippen molar-refractivity contribution in [3.05, 3.63) is 46.7 Å². The monoisotopic (exact) mass is 274 g/mol. The Labute approximate surface area is 112 Å². The van der Waals surface area contributed by atoms with Gasteiger partial charge in [0.1, 0.15) is 0 Å². The van der Waals surface area contributed by atoms with Crippen molar-refractivity contribution in [2.24, 2.45) is 0 Å². The minimum absolute atomic E-state index is 0.270. The molecule has 0 aliphatic heterocycles. The molecule has 1 aromatic carbocycles. The SMILES string of the molecule is COC(=O)c1c(-c2ccsc2)sc2ccccc12. The maximum absolute atomic E-state index is 12.0. The number of thiophene rings is 2. The molecule has 18 heavy (non-hydrogen) atoms. The smallest absolute Gasteiger partial charge is 0.339 e. The van der Waals surface area contributed by atoms with Gasteiger partial charge in [0.05, 0.1) is 17.6 Å². The van der Waals surface area contributed by atoms with E-state index in [-0.39, 0.29) is 5.97 Å². The Kier molecular flexibility index (Phi) is 2.89. The van der Waals surface area contributed by atoms with Crippen LogP contribution in [0.5, 0.6) is 0 Å². The van der Waals surface area contributed by atoms with Gasteiger partial charge in [-0.3, -0.25) is 0 Å². The quantitative estimate of drug-likeness (QED) is 0.647. The van der Waals surface area contributed by atoms with Crippen LogP contribution in [0.1, 0.15) is 10.4 Å². The molecule has 3 aromatic rings. The van der Waals surface area contributed by atoms with E-state index in [1.165, 1.54) is 7.11 Å². The van der Waals surface area contributed by atoms with Crippen molar-refractivity contribution in [2.45, 2.75) is 0 Å². The van der Waals surface area contributed by atoms with Crippen LogP contribution in [0.2, 0.25) is 0 Å². The van der Waals surface area contributed by atoms with Gasteiger partial charge in [-0.2, -0.15) is 11.3 Å². The number of fused-ring (bicyclic) bond motifs is 1. The highest BCUT2D eigenvalue weighted by atomic mass is 32.1. The lowest BCUT2D eigenvalue weighted by Crippen LogP contribution is -2.01. The zero-order chi connectivity index (χ0) is 12.5. The summed E-state index contributed by atoms with van der Waals surface area (Å²) in [5.41, 5.74) is 1.76. The summed E-state index contributed by atoms with van der Waals surface area (Å²) in [6, 6.07) is 9.95. The average molecular weight is 274 g/mol. The molecule has 0 unspecified atom stereocenters. The lowest BCUT2D eigenvalue weighted by molar-refractivity contribution is 0.0604. The van der Waals surface area contributed by atoms with Crippen LogP contribution >= 0.6 is 22.7 Å². The number of methoxy groups -OCH3 is 1. The molecule has 0 spiro atoms. The third-order valence-electron chi connectivity index (χ3n) is 2.77. The summed E-state index contributed by atoms with van der Waals surface area (Å²) in [5.74, 6) is -0.270. The second-order valence-corrected chi connectivity index (χ2v) is 5.64. The number of benzene rings is 1. The molecule has 3 rings (SSSR count). The third kappa shape index (κ3) is 1.74. The Bertz CT molecular complexity index is 696. The molecule has 0 amide bonds. The number of ether oxygens (including phenoxy) is 1. The molecule has 0 radical (unpaired) electrons. The van der Waals surface area contributed by atoms with Gasteiger partial charge in [0.2, 0.25) is 0 Å². The first kappa shape index (κ1) is 11.4. The van der Waals surface area contributed by atoms with Gasteiger partial charge in [-0.1, -0.05) is 18.2 Å². The highest BCUT2D eigenvalue weighted by molar-refractivity contribution is 7.23. The third-order valence-corrected chi connectivity index (χ3v) is 4.67. The topological polar surface area (TPSA) is 26.3 Å². The molecule has 0 bridgehead atoms. The molecule has 0 aliphatic rings. The highest BCUT2D eigenvalue weighted by Gasteiger charge is 2.20. The summed E-state index contributed by atoms with van der Waals surface area (Å²) in [6.45, 7) is 0. The van der Waals surface area contributed by atoms with Gasteiger partial charge in [0.15, 0.2) is 0 Å². The fourth-order valence-corrected chi connectivity index (χ4v) is 3.86. The Balaban J connectivity index is 2.33. The predicted molar refractivity (Wildman–Crippen MR) is 76.5 cm³/mol. The van der Waals surface area contributed by atoms with E-state index in [2.05, 4.69) is 5.38 Å². The van der Waals surface area contributed by atoms with Crippen LogP contribution in [0.15, 0.2) is 41.1 Å². The van der Waals surface area contributed by atoms with Crippen molar-refractivity contribution in [1.82, 2.24) is 0 Å². The lowest BCUT2D eigenvalue weighted by Gasteiger charge is -2.00. The molecular weight excluding hydrogens is 264 g/mol. The molecule has 0 atom stereocenters. The fourth-order valence-electron chi connectivity index (χ4n) is 1.95. The molecule has 0 N–H and O–H groups in total. The summed E-state index contributed by atoms with van der Waals surface area (Å²) < 4.78 is 6.02. The van der Waals surface area contributed by atoms with Gasteiger partial charge in [0.25, 0.3) is 0 Å². The first-order valence-electron chi connectivity index (χ1n) is 5.43. The van der Waals surface area contributed by atoms with Crippen LogP contribution in [0.25, 0.3) is 20.5 Å². The molecular formula is C14H10O2S2. The number of hydrogen-bond donors (Lipinski definition) is 0. The predicted octanol–water partition coefficient (Wildman–Crippen LogP) is 4.42. The Morgan fingerprint density at radius 2 is 2.06 bits per heavy atom. The molecule has 2 nitrogen and oxygen atoms in total. The zero-order valence-electron chi connectivity index (χ0n) is 9.67. The maximum atomic E-state index is 12.0. The van der Waals surface area contributed by atoms with Crippen molar-refractivity contribution in [2.75, 3.05) is 7.11 Å². The number of carbonyl (C=O) groups is 1. The van der Waals surface area contributed by atoms with Gasteiger partial charge < -0.3 is 4.74 Å². The van der Waals surface area contributed by atoms with E-state index in [4.69, 9.17) is 4.74 Å². The molecule has 0 saturated carbocycles. The van der Waals surface area contributed by atoms with Crippen LogP contribution in [0.3, 0.4) is 0 Å². The highest BCUT2D eigenvalue weighted by Crippen LogP contribution is 2.39. The molecule has 2 aromatic heterocycles. The fraction of sp³-hybridized carbons (Fsp3) is 0.0714. The van der Waals surface area contributed by atoms with Crippen molar-refractivity contribution < 1.29 is 9.53 Å². The largest absolute Gasteiger partial charge is 0.465 e. The second kappa shape index (κ2) is 4.55. The van der Waals surface area contributed by atoms with E-state index in [1.54, 1.807) is 22.7 Å². The van der Waals surface area contributed by atoms with Crippen molar-refractivity contribution in [3.63, 3.8) is 0 Å². The number of rotatable bonds is 2. The van der Waals surface area contributed by atoms with Crippen molar-refractivity contribution in [1.29, 1.82) is 0 Å². The van der Waals surface area contributed by atoms with E-state index < -0.39 is 0 Å². The summed E-state index contributed by atoms with van der Waals surface area (Å²) in [7, 11) is 1.42. The van der Waals surface area contributed by atoms with E-state index >= 15 is 0 Å². The van der Waals surface area contributed by atoms with Gasteiger partial charge in [-0.05, 0) is 22.9 Å². The molecule has 90 valence electrons. The number of esters is 1. The van der Waals surface area contributed by atoms with E-state index in [0.717, 1.165) is 20.5 Å². The van der Waals surface area contributed by atoms with Gasteiger partial charge in [-0.25, -0.2) is 4.79 Å². The Hall–Kier alpha value is -1.65. The van der Waals surface area contributed by atoms with Gasteiger partial charge in [-0.15, -0.1) is 11.3 Å². The minimum atomic E-state index is -0.270. The molecule has 0 aliphatic carbocycles. The zero-order valence-corrected chi connectivity index (χ0v) is 11.3. The summed E-state index contributed by atoms with van der Waals surface area (Å²) >= 11 is 3.26. The normalized spacial score (nSPS) is 10.7. The van der Waals surface area contributed by atoms with Crippen LogP contribution in [-0.2, 0) is 4.74 Å². The second-order valence-electron chi connectivity index (χ2n) is 3.81. The Morgan fingerprint density at radius 1 is 1.22 bits per heavy atom. The standard InChI is InChI=1S/C14H10O2S2/c1-16-14(15)12-10-4-2-3-5-11(10)18-13(12)9-6-7-17-8-9/h2-8H,1H3. The summed E-state index contributed by atoms with van der Waals surface area (Å²) in [5, 5.41) is 5.04. The molecule has 0 fully saturated rings. The van der Waals surface area contributed by atoms with E-state index in [0.29, 0.717) is 5.56 Å². The van der Waals surface area contributed by atoms with E-state index in [9.17, 15) is 4.79 Å². The Morgan fingerprint density at radius 3 is 2.78 bits per heavy atom. The molecule has 4 heteroatoms. The van der Waals surface area contributed by atoms with Crippen molar-refractivity contribution in [3.8, 4) is 10.4 Å². The average Bonchev–Trinajstić information content (AvgIpc) is 3.04. The van der Waals surface area contributed by atoms with Crippen LogP contribution in [0.4, 0.5) is 0 Å². The number of carbonyl (C=O) groups excluding carboxylic acids is 1. The van der Waals surface area contributed by atoms with Gasteiger partial charge >= 0.3 is 5.97 Å². The molecule has 0 saturated heterocycles.